The third kappa shape index (κ3) is 0.603. The van der Waals surface area contributed by atoms with E-state index in [1.165, 1.54) is 0 Å². The first kappa shape index (κ1) is 5.41. The van der Waals surface area contributed by atoms with Crippen molar-refractivity contribution < 1.29 is 4.79 Å². The van der Waals surface area contributed by atoms with Crippen molar-refractivity contribution in [1.82, 2.24) is 4.98 Å². The van der Waals surface area contributed by atoms with Crippen LogP contribution < -0.4 is 0 Å². The molecule has 0 fully saturated rings. The van der Waals surface area contributed by atoms with Crippen LogP contribution in [0.1, 0.15) is 16.8 Å². The van der Waals surface area contributed by atoms with E-state index in [-0.39, 0.29) is 5.78 Å². The van der Waals surface area contributed by atoms with Gasteiger partial charge in [0.15, 0.2) is 5.78 Å². The standard InChI is InChI=1S/C7H6N2O/c10-6-2-4-9-7-5(6)1-3-8-7/h1,3-4,8H,2H2. The zero-order valence-corrected chi connectivity index (χ0v) is 5.29. The zero-order chi connectivity index (χ0) is 6.97. The quantitative estimate of drug-likeness (QED) is 0.571. The van der Waals surface area contributed by atoms with E-state index in [1.54, 1.807) is 18.5 Å². The van der Waals surface area contributed by atoms with Crippen molar-refractivity contribution in [1.29, 1.82) is 0 Å². The highest BCUT2D eigenvalue weighted by Gasteiger charge is 2.13. The average Bonchev–Trinajstić information content (AvgIpc) is 2.36. The second-order valence-electron chi connectivity index (χ2n) is 2.18. The zero-order valence-electron chi connectivity index (χ0n) is 5.29. The van der Waals surface area contributed by atoms with Gasteiger partial charge in [0.1, 0.15) is 5.82 Å². The number of hydrogen-bond donors (Lipinski definition) is 1. The molecule has 1 aliphatic rings. The summed E-state index contributed by atoms with van der Waals surface area (Å²) in [5, 5.41) is 0. The van der Waals surface area contributed by atoms with Crippen LogP contribution >= 0.6 is 0 Å². The van der Waals surface area contributed by atoms with Crippen LogP contribution in [0.4, 0.5) is 5.82 Å². The Bertz CT molecular complexity index is 298. The van der Waals surface area contributed by atoms with Crippen molar-refractivity contribution in [3.8, 4) is 0 Å². The van der Waals surface area contributed by atoms with Gasteiger partial charge in [0.25, 0.3) is 0 Å². The van der Waals surface area contributed by atoms with E-state index in [1.807, 2.05) is 0 Å². The number of nitrogens with one attached hydrogen (secondary N) is 1. The highest BCUT2D eigenvalue weighted by Crippen LogP contribution is 2.20. The van der Waals surface area contributed by atoms with E-state index >= 15 is 0 Å². The molecule has 0 saturated carbocycles. The Morgan fingerprint density at radius 2 is 2.50 bits per heavy atom. The van der Waals surface area contributed by atoms with Gasteiger partial charge >= 0.3 is 0 Å². The molecule has 1 aromatic heterocycles. The predicted octanol–water partition coefficient (Wildman–Crippen LogP) is 1.30. The van der Waals surface area contributed by atoms with Crippen molar-refractivity contribution in [3.63, 3.8) is 0 Å². The second kappa shape index (κ2) is 1.80. The Morgan fingerprint density at radius 1 is 1.60 bits per heavy atom. The minimum absolute atomic E-state index is 0.145. The topological polar surface area (TPSA) is 45.2 Å². The Labute approximate surface area is 57.8 Å². The van der Waals surface area contributed by atoms with E-state index in [0.717, 1.165) is 0 Å². The highest BCUT2D eigenvalue weighted by molar-refractivity contribution is 6.09. The molecule has 0 spiro atoms. The maximum Gasteiger partial charge on any atom is 0.171 e. The average molecular weight is 134 g/mol. The summed E-state index contributed by atoms with van der Waals surface area (Å²) >= 11 is 0. The Balaban J connectivity index is 2.62. The van der Waals surface area contributed by atoms with Crippen molar-refractivity contribution in [2.45, 2.75) is 6.42 Å². The van der Waals surface area contributed by atoms with Crippen molar-refractivity contribution in [2.75, 3.05) is 0 Å². The fraction of sp³-hybridized carbons (Fsp3) is 0.143. The number of aromatic nitrogens is 1. The lowest BCUT2D eigenvalue weighted by Gasteiger charge is -2.00. The van der Waals surface area contributed by atoms with E-state index in [9.17, 15) is 4.79 Å². The molecule has 0 bridgehead atoms. The maximum absolute atomic E-state index is 11.0. The van der Waals surface area contributed by atoms with E-state index < -0.39 is 0 Å². The molecule has 50 valence electrons. The summed E-state index contributed by atoms with van der Waals surface area (Å²) in [6, 6.07) is 1.76. The van der Waals surface area contributed by atoms with Gasteiger partial charge in [0.2, 0.25) is 0 Å². The SMILES string of the molecule is O=C1CC=Nc2[nH]ccc21. The first-order chi connectivity index (χ1) is 4.88. The van der Waals surface area contributed by atoms with E-state index in [4.69, 9.17) is 0 Å². The number of carbonyl (C=O) groups is 1. The number of hydrogen-bond acceptors (Lipinski definition) is 2. The van der Waals surface area contributed by atoms with E-state index in [0.29, 0.717) is 17.8 Å². The van der Waals surface area contributed by atoms with Crippen molar-refractivity contribution >= 4 is 17.8 Å². The van der Waals surface area contributed by atoms with Gasteiger partial charge in [0.05, 0.1) is 5.56 Å². The first-order valence-corrected chi connectivity index (χ1v) is 3.11. The lowest BCUT2D eigenvalue weighted by molar-refractivity contribution is 0.100. The molecule has 0 radical (unpaired) electrons. The van der Waals surface area contributed by atoms with Crippen LogP contribution in [-0.4, -0.2) is 17.0 Å². The van der Waals surface area contributed by atoms with Crippen LogP contribution in [0.15, 0.2) is 17.3 Å². The third-order valence-electron chi connectivity index (χ3n) is 1.52. The normalized spacial score (nSPS) is 15.4. The van der Waals surface area contributed by atoms with Crippen LogP contribution in [0.25, 0.3) is 0 Å². The predicted molar refractivity (Wildman–Crippen MR) is 37.9 cm³/mol. The summed E-state index contributed by atoms with van der Waals surface area (Å²) in [5.74, 6) is 0.836. The van der Waals surface area contributed by atoms with Crippen LogP contribution in [-0.2, 0) is 0 Å². The maximum atomic E-state index is 11.0. The molecule has 3 nitrogen and oxygen atoms in total. The Hall–Kier alpha value is -1.38. The number of carbonyl (C=O) groups excluding carboxylic acids is 1. The minimum atomic E-state index is 0.145. The van der Waals surface area contributed by atoms with Crippen LogP contribution in [0.2, 0.25) is 0 Å². The number of H-pyrrole nitrogens is 1. The summed E-state index contributed by atoms with van der Waals surface area (Å²) in [5.41, 5.74) is 0.711. The van der Waals surface area contributed by atoms with E-state index in [2.05, 4.69) is 9.98 Å². The number of fused-ring (bicyclic) bond motifs is 1. The minimum Gasteiger partial charge on any atom is -0.346 e. The Kier molecular flexibility index (Phi) is 0.974. The summed E-state index contributed by atoms with van der Waals surface area (Å²) in [6.45, 7) is 0. The molecule has 10 heavy (non-hydrogen) atoms. The second-order valence-corrected chi connectivity index (χ2v) is 2.18. The summed E-state index contributed by atoms with van der Waals surface area (Å²) in [7, 11) is 0. The van der Waals surface area contributed by atoms with Gasteiger partial charge in [-0.1, -0.05) is 0 Å². The van der Waals surface area contributed by atoms with Crippen molar-refractivity contribution in [2.24, 2.45) is 4.99 Å². The molecule has 3 heteroatoms. The molecule has 2 rings (SSSR count). The monoisotopic (exact) mass is 134 g/mol. The number of ketones is 1. The van der Waals surface area contributed by atoms with Crippen LogP contribution in [0, 0.1) is 0 Å². The molecule has 0 atom stereocenters. The van der Waals surface area contributed by atoms with Gasteiger partial charge in [0, 0.05) is 18.8 Å². The number of aromatic amines is 1. The molecule has 0 saturated heterocycles. The fourth-order valence-corrected chi connectivity index (χ4v) is 1.02. The van der Waals surface area contributed by atoms with Gasteiger partial charge in [-0.25, -0.2) is 4.99 Å². The number of aliphatic imine (C=N–C) groups is 1. The Morgan fingerprint density at radius 3 is 3.30 bits per heavy atom. The largest absolute Gasteiger partial charge is 0.346 e. The van der Waals surface area contributed by atoms with Crippen LogP contribution in [0.5, 0.6) is 0 Å². The number of nitrogens with zero attached hydrogens (tertiary/aromatic N) is 1. The molecule has 0 aliphatic carbocycles. The highest BCUT2D eigenvalue weighted by atomic mass is 16.1. The number of rotatable bonds is 0. The van der Waals surface area contributed by atoms with Gasteiger partial charge < -0.3 is 4.98 Å². The van der Waals surface area contributed by atoms with Gasteiger partial charge in [-0.2, -0.15) is 0 Å². The first-order valence-electron chi connectivity index (χ1n) is 3.11. The molecule has 0 aromatic carbocycles. The molecule has 1 N–H and O–H groups in total. The van der Waals surface area contributed by atoms with Crippen LogP contribution in [0.3, 0.4) is 0 Å². The van der Waals surface area contributed by atoms with Gasteiger partial charge in [-0.05, 0) is 6.07 Å². The molecule has 1 aliphatic heterocycles. The molecule has 0 amide bonds. The summed E-state index contributed by atoms with van der Waals surface area (Å²) < 4.78 is 0. The molecular weight excluding hydrogens is 128 g/mol. The van der Waals surface area contributed by atoms with Crippen molar-refractivity contribution in [3.05, 3.63) is 17.8 Å². The third-order valence-corrected chi connectivity index (χ3v) is 1.52. The molecule has 1 aromatic rings. The lowest BCUT2D eigenvalue weighted by atomic mass is 10.1. The molecule has 0 unspecified atom stereocenters. The van der Waals surface area contributed by atoms with Gasteiger partial charge in [-0.15, -0.1) is 0 Å². The lowest BCUT2D eigenvalue weighted by Crippen LogP contribution is -2.01. The molecule has 2 heterocycles. The van der Waals surface area contributed by atoms with Gasteiger partial charge in [-0.3, -0.25) is 4.79 Å². The molecular formula is C7H6N2O. The summed E-state index contributed by atoms with van der Waals surface area (Å²) in [4.78, 5) is 17.9. The smallest absolute Gasteiger partial charge is 0.171 e. The number of Topliss-reactive ketones (excluding diaryl/α,β-unsaturated/α-hetero) is 1. The summed E-state index contributed by atoms with van der Waals surface area (Å²) in [6.07, 6.45) is 3.79. The fourth-order valence-electron chi connectivity index (χ4n) is 1.02.